The molecule has 0 aliphatic rings. The van der Waals surface area contributed by atoms with Crippen molar-refractivity contribution in [3.8, 4) is 5.75 Å². The highest BCUT2D eigenvalue weighted by atomic mass is 35.5. The highest BCUT2D eigenvalue weighted by Crippen LogP contribution is 2.23. The number of amides is 1. The number of phenolic OH excluding ortho intramolecular Hbond substituents is 1. The van der Waals surface area contributed by atoms with Crippen LogP contribution < -0.4 is 11.1 Å². The van der Waals surface area contributed by atoms with Gasteiger partial charge in [0.05, 0.1) is 10.7 Å². The number of benzene rings is 2. The van der Waals surface area contributed by atoms with Gasteiger partial charge in [0, 0.05) is 11.3 Å². The zero-order valence-corrected chi connectivity index (χ0v) is 11.0. The second-order valence-electron chi connectivity index (χ2n) is 4.19. The molecule has 0 spiro atoms. The van der Waals surface area contributed by atoms with Crippen LogP contribution in [0.5, 0.6) is 5.75 Å². The van der Waals surface area contributed by atoms with Crippen LogP contribution in [-0.4, -0.2) is 11.0 Å². The predicted octanol–water partition coefficient (Wildman–Crippen LogP) is 3.19. The van der Waals surface area contributed by atoms with Gasteiger partial charge in [0.2, 0.25) is 0 Å². The first kappa shape index (κ1) is 13.2. The smallest absolute Gasteiger partial charge is 0.255 e. The molecule has 2 aromatic rings. The Morgan fingerprint density at radius 3 is 2.63 bits per heavy atom. The molecule has 0 aliphatic heterocycles. The van der Waals surface area contributed by atoms with Gasteiger partial charge in [0.25, 0.3) is 5.91 Å². The summed E-state index contributed by atoms with van der Waals surface area (Å²) < 4.78 is 0. The van der Waals surface area contributed by atoms with Gasteiger partial charge < -0.3 is 16.2 Å². The number of hydrogen-bond donors (Lipinski definition) is 3. The Labute approximate surface area is 115 Å². The van der Waals surface area contributed by atoms with Gasteiger partial charge >= 0.3 is 0 Å². The van der Waals surface area contributed by atoms with Crippen LogP contribution in [0.25, 0.3) is 0 Å². The summed E-state index contributed by atoms with van der Waals surface area (Å²) in [5.74, 6) is -0.115. The van der Waals surface area contributed by atoms with E-state index in [9.17, 15) is 9.90 Å². The minimum Gasteiger partial charge on any atom is -0.508 e. The van der Waals surface area contributed by atoms with Crippen LogP contribution >= 0.6 is 11.6 Å². The summed E-state index contributed by atoms with van der Waals surface area (Å²) in [5.41, 5.74) is 7.72. The van der Waals surface area contributed by atoms with Crippen LogP contribution in [0.1, 0.15) is 15.9 Å². The summed E-state index contributed by atoms with van der Waals surface area (Å²) in [6.45, 7) is 1.73. The zero-order valence-electron chi connectivity index (χ0n) is 10.3. The molecule has 2 rings (SSSR count). The molecule has 0 saturated heterocycles. The molecule has 0 fully saturated rings. The summed E-state index contributed by atoms with van der Waals surface area (Å²) in [7, 11) is 0. The SMILES string of the molecule is Cc1cc(C(=O)Nc2ccc(N)c(Cl)c2)ccc1O. The molecule has 1 amide bonds. The Hall–Kier alpha value is -2.20. The summed E-state index contributed by atoms with van der Waals surface area (Å²) in [4.78, 5) is 12.0. The fourth-order valence-corrected chi connectivity index (χ4v) is 1.79. The fraction of sp³-hybridized carbons (Fsp3) is 0.0714. The lowest BCUT2D eigenvalue weighted by Gasteiger charge is -2.08. The van der Waals surface area contributed by atoms with Crippen molar-refractivity contribution in [3.05, 3.63) is 52.5 Å². The van der Waals surface area contributed by atoms with Gasteiger partial charge in [-0.1, -0.05) is 11.6 Å². The van der Waals surface area contributed by atoms with Crippen LogP contribution in [0, 0.1) is 6.92 Å². The minimum absolute atomic E-state index is 0.159. The number of hydrogen-bond acceptors (Lipinski definition) is 3. The van der Waals surface area contributed by atoms with Gasteiger partial charge in [0.15, 0.2) is 0 Å². The summed E-state index contributed by atoms with van der Waals surface area (Å²) in [5, 5.41) is 12.5. The molecular weight excluding hydrogens is 264 g/mol. The zero-order chi connectivity index (χ0) is 14.0. The van der Waals surface area contributed by atoms with E-state index >= 15 is 0 Å². The third kappa shape index (κ3) is 2.98. The van der Waals surface area contributed by atoms with E-state index in [2.05, 4.69) is 5.32 Å². The maximum absolute atomic E-state index is 12.0. The molecule has 19 heavy (non-hydrogen) atoms. The minimum atomic E-state index is -0.274. The van der Waals surface area contributed by atoms with Gasteiger partial charge in [-0.2, -0.15) is 0 Å². The van der Waals surface area contributed by atoms with Crippen LogP contribution in [0.15, 0.2) is 36.4 Å². The van der Waals surface area contributed by atoms with E-state index in [1.807, 2.05) is 0 Å². The van der Waals surface area contributed by atoms with Crippen molar-refractivity contribution >= 4 is 28.9 Å². The molecule has 0 bridgehead atoms. The molecule has 5 heteroatoms. The van der Waals surface area contributed by atoms with Crippen molar-refractivity contribution in [2.24, 2.45) is 0 Å². The maximum Gasteiger partial charge on any atom is 0.255 e. The average molecular weight is 277 g/mol. The number of anilines is 2. The monoisotopic (exact) mass is 276 g/mol. The van der Waals surface area contributed by atoms with E-state index in [-0.39, 0.29) is 11.7 Å². The lowest BCUT2D eigenvalue weighted by atomic mass is 10.1. The third-order valence-electron chi connectivity index (χ3n) is 2.72. The molecule has 0 aromatic heterocycles. The van der Waals surface area contributed by atoms with Gasteiger partial charge in [-0.25, -0.2) is 0 Å². The van der Waals surface area contributed by atoms with Crippen LogP contribution in [0.2, 0.25) is 5.02 Å². The van der Waals surface area contributed by atoms with E-state index < -0.39 is 0 Å². The molecule has 0 atom stereocenters. The van der Waals surface area contributed by atoms with Crippen molar-refractivity contribution < 1.29 is 9.90 Å². The predicted molar refractivity (Wildman–Crippen MR) is 76.7 cm³/mol. The van der Waals surface area contributed by atoms with Crippen molar-refractivity contribution in [2.45, 2.75) is 6.92 Å². The fourth-order valence-electron chi connectivity index (χ4n) is 1.60. The van der Waals surface area contributed by atoms with Crippen molar-refractivity contribution in [3.63, 3.8) is 0 Å². The van der Waals surface area contributed by atoms with Crippen LogP contribution in [0.3, 0.4) is 0 Å². The number of phenols is 1. The van der Waals surface area contributed by atoms with E-state index in [0.29, 0.717) is 27.5 Å². The highest BCUT2D eigenvalue weighted by Gasteiger charge is 2.08. The Kier molecular flexibility index (Phi) is 3.62. The summed E-state index contributed by atoms with van der Waals surface area (Å²) in [6.07, 6.45) is 0. The number of aryl methyl sites for hydroxylation is 1. The summed E-state index contributed by atoms with van der Waals surface area (Å²) in [6, 6.07) is 9.54. The van der Waals surface area contributed by atoms with Crippen molar-refractivity contribution in [1.29, 1.82) is 0 Å². The number of nitrogen functional groups attached to an aromatic ring is 1. The van der Waals surface area contributed by atoms with E-state index in [0.717, 1.165) is 0 Å². The van der Waals surface area contributed by atoms with Crippen molar-refractivity contribution in [1.82, 2.24) is 0 Å². The molecule has 0 aliphatic carbocycles. The molecule has 0 saturated carbocycles. The van der Waals surface area contributed by atoms with Crippen molar-refractivity contribution in [2.75, 3.05) is 11.1 Å². The normalized spacial score (nSPS) is 10.2. The number of halogens is 1. The van der Waals surface area contributed by atoms with Crippen LogP contribution in [-0.2, 0) is 0 Å². The highest BCUT2D eigenvalue weighted by molar-refractivity contribution is 6.33. The number of nitrogens with two attached hydrogens (primary N) is 1. The first-order valence-electron chi connectivity index (χ1n) is 5.63. The number of nitrogens with one attached hydrogen (secondary N) is 1. The maximum atomic E-state index is 12.0. The number of rotatable bonds is 2. The van der Waals surface area contributed by atoms with Gasteiger partial charge in [0.1, 0.15) is 5.75 Å². The van der Waals surface area contributed by atoms with E-state index in [1.54, 1.807) is 37.3 Å². The Morgan fingerprint density at radius 1 is 1.26 bits per heavy atom. The molecule has 0 heterocycles. The number of carbonyl (C=O) groups is 1. The lowest BCUT2D eigenvalue weighted by Crippen LogP contribution is -2.12. The summed E-state index contributed by atoms with van der Waals surface area (Å²) >= 11 is 5.88. The standard InChI is InChI=1S/C14H13ClN2O2/c1-8-6-9(2-5-13(8)18)14(19)17-10-3-4-12(16)11(15)7-10/h2-7,18H,16H2,1H3,(H,17,19). The Balaban J connectivity index is 2.20. The lowest BCUT2D eigenvalue weighted by molar-refractivity contribution is 0.102. The third-order valence-corrected chi connectivity index (χ3v) is 3.04. The van der Waals surface area contributed by atoms with Crippen LogP contribution in [0.4, 0.5) is 11.4 Å². The molecule has 98 valence electrons. The second-order valence-corrected chi connectivity index (χ2v) is 4.60. The average Bonchev–Trinajstić information content (AvgIpc) is 2.37. The molecule has 0 radical (unpaired) electrons. The van der Waals surface area contributed by atoms with E-state index in [4.69, 9.17) is 17.3 Å². The largest absolute Gasteiger partial charge is 0.508 e. The Morgan fingerprint density at radius 2 is 2.00 bits per heavy atom. The molecule has 2 aromatic carbocycles. The van der Waals surface area contributed by atoms with Gasteiger partial charge in [-0.3, -0.25) is 4.79 Å². The molecule has 4 nitrogen and oxygen atoms in total. The quantitative estimate of drug-likeness (QED) is 0.737. The topological polar surface area (TPSA) is 75.4 Å². The molecular formula is C14H13ClN2O2. The molecule has 0 unspecified atom stereocenters. The van der Waals surface area contributed by atoms with Gasteiger partial charge in [-0.15, -0.1) is 0 Å². The Bertz CT molecular complexity index is 641. The number of aromatic hydroxyl groups is 1. The van der Waals surface area contributed by atoms with E-state index in [1.165, 1.54) is 6.07 Å². The van der Waals surface area contributed by atoms with Gasteiger partial charge in [-0.05, 0) is 48.9 Å². The number of carbonyl (C=O) groups excluding carboxylic acids is 1. The first-order chi connectivity index (χ1) is 8.97. The molecule has 4 N–H and O–H groups in total. The second kappa shape index (κ2) is 5.20. The first-order valence-corrected chi connectivity index (χ1v) is 6.01.